The minimum absolute atomic E-state index is 0.0810. The second-order valence-electron chi connectivity index (χ2n) is 5.98. The van der Waals surface area contributed by atoms with Crippen molar-refractivity contribution in [3.8, 4) is 0 Å². The number of fused-ring (bicyclic) bond motifs is 1. The number of nitrogens with zero attached hydrogens (tertiary/aromatic N) is 1. The summed E-state index contributed by atoms with van der Waals surface area (Å²) in [6.07, 6.45) is 2.50. The SMILES string of the molecule is CC1CC(CN)(C(=O)N2CCc3ccc(F)cc32)C1. The predicted octanol–water partition coefficient (Wildman–Crippen LogP) is 2.09. The Morgan fingerprint density at radius 3 is 2.89 bits per heavy atom. The molecule has 0 unspecified atom stereocenters. The third-order valence-electron chi connectivity index (χ3n) is 4.51. The summed E-state index contributed by atoms with van der Waals surface area (Å²) in [5.41, 5.74) is 7.20. The number of amides is 1. The van der Waals surface area contributed by atoms with Crippen LogP contribution in [0.5, 0.6) is 0 Å². The Morgan fingerprint density at radius 2 is 2.26 bits per heavy atom. The van der Waals surface area contributed by atoms with E-state index in [4.69, 9.17) is 5.73 Å². The number of nitrogens with two attached hydrogens (primary N) is 1. The highest BCUT2D eigenvalue weighted by molar-refractivity contribution is 6.00. The first-order chi connectivity index (χ1) is 9.05. The molecule has 1 aliphatic carbocycles. The van der Waals surface area contributed by atoms with Crippen LogP contribution in [0.3, 0.4) is 0 Å². The fourth-order valence-corrected chi connectivity index (χ4v) is 3.55. The van der Waals surface area contributed by atoms with Crippen LogP contribution in [0.2, 0.25) is 0 Å². The molecule has 3 rings (SSSR count). The van der Waals surface area contributed by atoms with Gasteiger partial charge >= 0.3 is 0 Å². The summed E-state index contributed by atoms with van der Waals surface area (Å²) in [6.45, 7) is 3.17. The van der Waals surface area contributed by atoms with Gasteiger partial charge in [-0.05, 0) is 42.9 Å². The third kappa shape index (κ3) is 1.86. The lowest BCUT2D eigenvalue weighted by Gasteiger charge is -2.46. The topological polar surface area (TPSA) is 46.3 Å². The summed E-state index contributed by atoms with van der Waals surface area (Å²) in [7, 11) is 0. The Bertz CT molecular complexity index is 523. The van der Waals surface area contributed by atoms with Crippen LogP contribution >= 0.6 is 0 Å². The average Bonchev–Trinajstić information content (AvgIpc) is 2.76. The van der Waals surface area contributed by atoms with Crippen molar-refractivity contribution in [1.82, 2.24) is 0 Å². The van der Waals surface area contributed by atoms with Gasteiger partial charge in [0.15, 0.2) is 0 Å². The number of carbonyl (C=O) groups is 1. The molecule has 0 bridgehead atoms. The molecule has 102 valence electrons. The van der Waals surface area contributed by atoms with Gasteiger partial charge in [-0.25, -0.2) is 4.39 Å². The van der Waals surface area contributed by atoms with Gasteiger partial charge < -0.3 is 10.6 Å². The first-order valence-electron chi connectivity index (χ1n) is 6.86. The molecule has 1 saturated carbocycles. The van der Waals surface area contributed by atoms with Crippen molar-refractivity contribution < 1.29 is 9.18 Å². The Kier molecular flexibility index (Phi) is 2.86. The molecular weight excluding hydrogens is 243 g/mol. The average molecular weight is 262 g/mol. The van der Waals surface area contributed by atoms with E-state index in [1.807, 2.05) is 0 Å². The minimum Gasteiger partial charge on any atom is -0.329 e. The summed E-state index contributed by atoms with van der Waals surface area (Å²) in [6, 6.07) is 4.69. The number of carbonyl (C=O) groups excluding carboxylic acids is 1. The van der Waals surface area contributed by atoms with E-state index in [0.717, 1.165) is 30.5 Å². The zero-order valence-corrected chi connectivity index (χ0v) is 11.2. The molecule has 1 amide bonds. The molecule has 2 aliphatic rings. The van der Waals surface area contributed by atoms with Crippen molar-refractivity contribution in [3.05, 3.63) is 29.6 Å². The van der Waals surface area contributed by atoms with E-state index in [2.05, 4.69) is 6.92 Å². The second kappa shape index (κ2) is 4.30. The highest BCUT2D eigenvalue weighted by Gasteiger charge is 2.49. The molecule has 1 heterocycles. The lowest BCUT2D eigenvalue weighted by molar-refractivity contribution is -0.135. The molecular formula is C15H19FN2O. The number of rotatable bonds is 2. The molecule has 0 radical (unpaired) electrons. The second-order valence-corrected chi connectivity index (χ2v) is 5.98. The van der Waals surface area contributed by atoms with Crippen LogP contribution < -0.4 is 10.6 Å². The zero-order chi connectivity index (χ0) is 13.6. The quantitative estimate of drug-likeness (QED) is 0.887. The van der Waals surface area contributed by atoms with E-state index in [1.165, 1.54) is 12.1 Å². The smallest absolute Gasteiger partial charge is 0.234 e. The highest BCUT2D eigenvalue weighted by atomic mass is 19.1. The van der Waals surface area contributed by atoms with Crippen LogP contribution in [0.1, 0.15) is 25.3 Å². The monoisotopic (exact) mass is 262 g/mol. The van der Waals surface area contributed by atoms with E-state index in [1.54, 1.807) is 11.0 Å². The number of hydrogen-bond acceptors (Lipinski definition) is 2. The maximum Gasteiger partial charge on any atom is 0.234 e. The largest absolute Gasteiger partial charge is 0.329 e. The van der Waals surface area contributed by atoms with Gasteiger partial charge in [-0.3, -0.25) is 4.79 Å². The van der Waals surface area contributed by atoms with Crippen molar-refractivity contribution in [2.75, 3.05) is 18.0 Å². The fourth-order valence-electron chi connectivity index (χ4n) is 3.55. The molecule has 0 saturated heterocycles. The number of halogens is 1. The van der Waals surface area contributed by atoms with Gasteiger partial charge in [0.05, 0.1) is 5.41 Å². The first kappa shape index (κ1) is 12.6. The summed E-state index contributed by atoms with van der Waals surface area (Å²) >= 11 is 0. The summed E-state index contributed by atoms with van der Waals surface area (Å²) in [5, 5.41) is 0. The van der Waals surface area contributed by atoms with Crippen LogP contribution in [0.25, 0.3) is 0 Å². The van der Waals surface area contributed by atoms with Gasteiger partial charge in [0.25, 0.3) is 0 Å². The molecule has 0 spiro atoms. The van der Waals surface area contributed by atoms with Gasteiger partial charge in [-0.2, -0.15) is 0 Å². The van der Waals surface area contributed by atoms with E-state index >= 15 is 0 Å². The Morgan fingerprint density at radius 1 is 1.53 bits per heavy atom. The molecule has 3 nitrogen and oxygen atoms in total. The first-order valence-corrected chi connectivity index (χ1v) is 6.86. The molecule has 1 aliphatic heterocycles. The maximum absolute atomic E-state index is 13.4. The van der Waals surface area contributed by atoms with Gasteiger partial charge in [0.2, 0.25) is 5.91 Å². The van der Waals surface area contributed by atoms with Crippen molar-refractivity contribution in [2.24, 2.45) is 17.1 Å². The van der Waals surface area contributed by atoms with E-state index in [0.29, 0.717) is 19.0 Å². The van der Waals surface area contributed by atoms with Crippen LogP contribution in [0, 0.1) is 17.2 Å². The van der Waals surface area contributed by atoms with Gasteiger partial charge in [0.1, 0.15) is 5.82 Å². The van der Waals surface area contributed by atoms with Crippen LogP contribution in [-0.2, 0) is 11.2 Å². The summed E-state index contributed by atoms with van der Waals surface area (Å²) in [5.74, 6) is 0.349. The Hall–Kier alpha value is -1.42. The van der Waals surface area contributed by atoms with Crippen LogP contribution in [-0.4, -0.2) is 19.0 Å². The fraction of sp³-hybridized carbons (Fsp3) is 0.533. The molecule has 19 heavy (non-hydrogen) atoms. The molecule has 1 aromatic rings. The van der Waals surface area contributed by atoms with Gasteiger partial charge in [0, 0.05) is 18.8 Å². The number of hydrogen-bond donors (Lipinski definition) is 1. The third-order valence-corrected chi connectivity index (χ3v) is 4.51. The van der Waals surface area contributed by atoms with E-state index < -0.39 is 5.41 Å². The Labute approximate surface area is 112 Å². The standard InChI is InChI=1S/C15H19FN2O/c1-10-7-15(8-10,9-17)14(19)18-5-4-11-2-3-12(16)6-13(11)18/h2-3,6,10H,4-5,7-9,17H2,1H3. The van der Waals surface area contributed by atoms with Crippen LogP contribution in [0.15, 0.2) is 18.2 Å². The summed E-state index contributed by atoms with van der Waals surface area (Å²) in [4.78, 5) is 14.5. The van der Waals surface area contributed by atoms with Crippen molar-refractivity contribution >= 4 is 11.6 Å². The molecule has 2 N–H and O–H groups in total. The minimum atomic E-state index is -0.409. The molecule has 0 atom stereocenters. The van der Waals surface area contributed by atoms with Crippen molar-refractivity contribution in [3.63, 3.8) is 0 Å². The highest BCUT2D eigenvalue weighted by Crippen LogP contribution is 2.47. The van der Waals surface area contributed by atoms with E-state index in [-0.39, 0.29) is 11.7 Å². The van der Waals surface area contributed by atoms with Crippen molar-refractivity contribution in [1.29, 1.82) is 0 Å². The zero-order valence-electron chi connectivity index (χ0n) is 11.2. The normalized spacial score (nSPS) is 29.0. The van der Waals surface area contributed by atoms with E-state index in [9.17, 15) is 9.18 Å². The lowest BCUT2D eigenvalue weighted by Crippen LogP contribution is -2.54. The maximum atomic E-state index is 13.4. The van der Waals surface area contributed by atoms with Gasteiger partial charge in [-0.15, -0.1) is 0 Å². The molecule has 0 aromatic heterocycles. The van der Waals surface area contributed by atoms with Crippen LogP contribution in [0.4, 0.5) is 10.1 Å². The molecule has 1 aromatic carbocycles. The van der Waals surface area contributed by atoms with Crippen molar-refractivity contribution in [2.45, 2.75) is 26.2 Å². The number of benzene rings is 1. The Balaban J connectivity index is 1.89. The van der Waals surface area contributed by atoms with Gasteiger partial charge in [-0.1, -0.05) is 13.0 Å². The summed E-state index contributed by atoms with van der Waals surface area (Å²) < 4.78 is 13.4. The number of anilines is 1. The molecule has 1 fully saturated rings. The predicted molar refractivity (Wildman–Crippen MR) is 72.3 cm³/mol. The molecule has 4 heteroatoms. The lowest BCUT2D eigenvalue weighted by atomic mass is 9.62.